The summed E-state index contributed by atoms with van der Waals surface area (Å²) in [5.74, 6) is 1.57. The van der Waals surface area contributed by atoms with Gasteiger partial charge in [0.1, 0.15) is 17.7 Å². The lowest BCUT2D eigenvalue weighted by Crippen LogP contribution is -2.43. The highest BCUT2D eigenvalue weighted by Gasteiger charge is 2.24. The van der Waals surface area contributed by atoms with Gasteiger partial charge >= 0.3 is 0 Å². The minimum absolute atomic E-state index is 0.236. The van der Waals surface area contributed by atoms with Crippen LogP contribution in [0.4, 0.5) is 0 Å². The zero-order chi connectivity index (χ0) is 22.0. The molecule has 166 valence electrons. The van der Waals surface area contributed by atoms with Crippen molar-refractivity contribution in [3.05, 3.63) is 48.8 Å². The topological polar surface area (TPSA) is 64.4 Å². The van der Waals surface area contributed by atoms with Crippen molar-refractivity contribution in [3.63, 3.8) is 0 Å². The molecule has 3 aromatic rings. The maximum absolute atomic E-state index is 11.8. The lowest BCUT2D eigenvalue weighted by Gasteiger charge is -2.36. The van der Waals surface area contributed by atoms with E-state index < -0.39 is 9.84 Å². The van der Waals surface area contributed by atoms with Crippen LogP contribution < -0.4 is 4.74 Å². The van der Waals surface area contributed by atoms with Crippen molar-refractivity contribution >= 4 is 20.7 Å². The van der Waals surface area contributed by atoms with Gasteiger partial charge in [0.25, 0.3) is 0 Å². The molecule has 1 saturated heterocycles. The molecule has 3 heterocycles. The Bertz CT molecular complexity index is 1130. The first kappa shape index (κ1) is 21.8. The van der Waals surface area contributed by atoms with Gasteiger partial charge in [0.15, 0.2) is 9.84 Å². The molecule has 0 bridgehead atoms. The molecule has 4 rings (SSSR count). The summed E-state index contributed by atoms with van der Waals surface area (Å²) in [6.07, 6.45) is 9.65. The van der Waals surface area contributed by atoms with Gasteiger partial charge in [0.2, 0.25) is 0 Å². The quantitative estimate of drug-likeness (QED) is 0.542. The lowest BCUT2D eigenvalue weighted by molar-refractivity contribution is 0.0724. The molecular weight excluding hydrogens is 410 g/mol. The third-order valence-electron chi connectivity index (χ3n) is 6.30. The molecule has 0 spiro atoms. The van der Waals surface area contributed by atoms with Crippen molar-refractivity contribution in [1.29, 1.82) is 0 Å². The van der Waals surface area contributed by atoms with Gasteiger partial charge in [-0.3, -0.25) is 0 Å². The molecule has 0 N–H and O–H groups in total. The molecule has 0 unspecified atom stereocenters. The van der Waals surface area contributed by atoms with Crippen LogP contribution in [0.1, 0.15) is 39.5 Å². The number of rotatable bonds is 7. The standard InChI is InChI=1S/C24H31N3O3S/c1-4-19(5-2)26-13-11-20(12-14-26)30-21-6-9-24(25-17-21)27-15-10-18-16-22(31(3,28)29)7-8-23(18)27/h6-10,15-17,19-20H,4-5,11-14H2,1-3H3. The van der Waals surface area contributed by atoms with E-state index in [0.29, 0.717) is 10.9 Å². The molecule has 0 saturated carbocycles. The minimum Gasteiger partial charge on any atom is -0.489 e. The largest absolute Gasteiger partial charge is 0.489 e. The molecule has 1 aromatic carbocycles. The molecule has 1 fully saturated rings. The van der Waals surface area contributed by atoms with Crippen LogP contribution >= 0.6 is 0 Å². The van der Waals surface area contributed by atoms with Crippen molar-refractivity contribution in [1.82, 2.24) is 14.5 Å². The van der Waals surface area contributed by atoms with Crippen molar-refractivity contribution in [2.24, 2.45) is 0 Å². The smallest absolute Gasteiger partial charge is 0.175 e. The number of sulfone groups is 1. The fraction of sp³-hybridized carbons (Fsp3) is 0.458. The van der Waals surface area contributed by atoms with Crippen molar-refractivity contribution in [3.8, 4) is 11.6 Å². The number of piperidine rings is 1. The molecule has 2 aromatic heterocycles. The number of aromatic nitrogens is 2. The molecule has 0 amide bonds. The number of benzene rings is 1. The van der Waals surface area contributed by atoms with Crippen LogP contribution in [-0.2, 0) is 9.84 Å². The Hall–Kier alpha value is -2.38. The van der Waals surface area contributed by atoms with Crippen LogP contribution in [0, 0.1) is 0 Å². The molecule has 6 nitrogen and oxygen atoms in total. The Kier molecular flexibility index (Phi) is 6.34. The third-order valence-corrected chi connectivity index (χ3v) is 7.41. The number of ether oxygens (including phenoxy) is 1. The fourth-order valence-corrected chi connectivity index (χ4v) is 5.15. The Morgan fingerprint density at radius 1 is 1.10 bits per heavy atom. The summed E-state index contributed by atoms with van der Waals surface area (Å²) in [7, 11) is -3.23. The second-order valence-electron chi connectivity index (χ2n) is 8.35. The molecule has 31 heavy (non-hydrogen) atoms. The maximum atomic E-state index is 11.8. The fourth-order valence-electron chi connectivity index (χ4n) is 4.49. The molecule has 0 radical (unpaired) electrons. The summed E-state index contributed by atoms with van der Waals surface area (Å²) in [4.78, 5) is 7.50. The second kappa shape index (κ2) is 9.01. The Balaban J connectivity index is 1.43. The van der Waals surface area contributed by atoms with Crippen molar-refractivity contribution in [2.45, 2.75) is 56.6 Å². The zero-order valence-electron chi connectivity index (χ0n) is 18.5. The van der Waals surface area contributed by atoms with Gasteiger partial charge in [-0.1, -0.05) is 13.8 Å². The molecule has 0 atom stereocenters. The Morgan fingerprint density at radius 2 is 1.84 bits per heavy atom. The van der Waals surface area contributed by atoms with Crippen LogP contribution in [0.2, 0.25) is 0 Å². The van der Waals surface area contributed by atoms with E-state index in [4.69, 9.17) is 4.74 Å². The summed E-state index contributed by atoms with van der Waals surface area (Å²) in [5, 5.41) is 0.870. The molecular formula is C24H31N3O3S. The molecule has 1 aliphatic heterocycles. The Labute approximate surface area is 184 Å². The van der Waals surface area contributed by atoms with E-state index in [9.17, 15) is 8.42 Å². The van der Waals surface area contributed by atoms with Gasteiger partial charge < -0.3 is 14.2 Å². The van der Waals surface area contributed by atoms with Gasteiger partial charge in [-0.05, 0) is 62.1 Å². The van der Waals surface area contributed by atoms with E-state index in [1.807, 2.05) is 35.0 Å². The van der Waals surface area contributed by atoms with Crippen LogP contribution in [0.5, 0.6) is 5.75 Å². The predicted molar refractivity (Wildman–Crippen MR) is 124 cm³/mol. The average Bonchev–Trinajstić information content (AvgIpc) is 3.19. The highest BCUT2D eigenvalue weighted by atomic mass is 32.2. The van der Waals surface area contributed by atoms with Gasteiger partial charge in [0.05, 0.1) is 16.6 Å². The summed E-state index contributed by atoms with van der Waals surface area (Å²) in [5.41, 5.74) is 0.919. The van der Waals surface area contributed by atoms with Gasteiger partial charge in [0, 0.05) is 37.0 Å². The van der Waals surface area contributed by atoms with E-state index in [1.165, 1.54) is 19.1 Å². The van der Waals surface area contributed by atoms with E-state index in [-0.39, 0.29) is 6.10 Å². The number of fused-ring (bicyclic) bond motifs is 1. The monoisotopic (exact) mass is 441 g/mol. The third kappa shape index (κ3) is 4.77. The predicted octanol–water partition coefficient (Wildman–Crippen LogP) is 4.46. The van der Waals surface area contributed by atoms with E-state index in [0.717, 1.165) is 48.4 Å². The van der Waals surface area contributed by atoms with Crippen molar-refractivity contribution in [2.75, 3.05) is 19.3 Å². The number of pyridine rings is 1. The average molecular weight is 442 g/mol. The van der Waals surface area contributed by atoms with Gasteiger partial charge in [-0.15, -0.1) is 0 Å². The summed E-state index contributed by atoms with van der Waals surface area (Å²) < 4.78 is 31.8. The van der Waals surface area contributed by atoms with Crippen LogP contribution in [0.15, 0.2) is 53.7 Å². The summed E-state index contributed by atoms with van der Waals surface area (Å²) in [6, 6.07) is 11.7. The normalized spacial score (nSPS) is 16.3. The minimum atomic E-state index is -3.23. The van der Waals surface area contributed by atoms with Gasteiger partial charge in [-0.2, -0.15) is 0 Å². The summed E-state index contributed by atoms with van der Waals surface area (Å²) >= 11 is 0. The second-order valence-corrected chi connectivity index (χ2v) is 10.4. The summed E-state index contributed by atoms with van der Waals surface area (Å²) in [6.45, 7) is 6.71. The highest BCUT2D eigenvalue weighted by Crippen LogP contribution is 2.25. The SMILES string of the molecule is CCC(CC)N1CCC(Oc2ccc(-n3ccc4cc(S(C)(=O)=O)ccc43)nc2)CC1. The number of hydrogen-bond donors (Lipinski definition) is 0. The van der Waals surface area contributed by atoms with Crippen molar-refractivity contribution < 1.29 is 13.2 Å². The highest BCUT2D eigenvalue weighted by molar-refractivity contribution is 7.90. The first-order valence-electron chi connectivity index (χ1n) is 11.1. The van der Waals surface area contributed by atoms with Crippen LogP contribution in [-0.4, -0.2) is 54.4 Å². The lowest BCUT2D eigenvalue weighted by atomic mass is 10.0. The van der Waals surface area contributed by atoms with E-state index >= 15 is 0 Å². The first-order chi connectivity index (χ1) is 14.9. The first-order valence-corrected chi connectivity index (χ1v) is 13.0. The number of hydrogen-bond acceptors (Lipinski definition) is 5. The van der Waals surface area contributed by atoms with E-state index in [2.05, 4.69) is 23.7 Å². The molecule has 1 aliphatic rings. The Morgan fingerprint density at radius 3 is 2.45 bits per heavy atom. The van der Waals surface area contributed by atoms with Gasteiger partial charge in [-0.25, -0.2) is 13.4 Å². The van der Waals surface area contributed by atoms with Crippen LogP contribution in [0.3, 0.4) is 0 Å². The molecule has 0 aliphatic carbocycles. The molecule has 7 heteroatoms. The van der Waals surface area contributed by atoms with Crippen LogP contribution in [0.25, 0.3) is 16.7 Å². The maximum Gasteiger partial charge on any atom is 0.175 e. The number of nitrogens with zero attached hydrogens (tertiary/aromatic N) is 3. The van der Waals surface area contributed by atoms with E-state index in [1.54, 1.807) is 18.3 Å². The number of likely N-dealkylation sites (tertiary alicyclic amines) is 1. The zero-order valence-corrected chi connectivity index (χ0v) is 19.3.